The molecule has 0 atom stereocenters. The molecule has 1 aromatic rings. The minimum Gasteiger partial charge on any atom is -0.491 e. The van der Waals surface area contributed by atoms with Gasteiger partial charge in [0, 0.05) is 18.1 Å². The molecular weight excluding hydrogens is 288 g/mol. The van der Waals surface area contributed by atoms with Gasteiger partial charge in [0.25, 0.3) is 0 Å². The van der Waals surface area contributed by atoms with Crippen molar-refractivity contribution in [2.75, 3.05) is 7.11 Å². The highest BCUT2D eigenvalue weighted by Crippen LogP contribution is 2.48. The third kappa shape index (κ3) is 2.98. The molecule has 0 unspecified atom stereocenters. The van der Waals surface area contributed by atoms with Gasteiger partial charge in [-0.05, 0) is 63.6 Å². The van der Waals surface area contributed by atoms with Crippen LogP contribution in [0.5, 0.6) is 5.75 Å². The molecular formula is C19H24N2O2. The second kappa shape index (κ2) is 6.33. The summed E-state index contributed by atoms with van der Waals surface area (Å²) >= 11 is 0. The van der Waals surface area contributed by atoms with Crippen LogP contribution in [0, 0.1) is 16.9 Å². The van der Waals surface area contributed by atoms with Crippen molar-refractivity contribution in [3.8, 4) is 11.9 Å². The lowest BCUT2D eigenvalue weighted by Gasteiger charge is -2.36. The molecule has 0 amide bonds. The van der Waals surface area contributed by atoms with Crippen LogP contribution in [-0.4, -0.2) is 25.0 Å². The molecule has 0 saturated heterocycles. The van der Waals surface area contributed by atoms with Crippen molar-refractivity contribution in [2.45, 2.75) is 58.2 Å². The summed E-state index contributed by atoms with van der Waals surface area (Å²) in [6, 6.07) is 6.22. The van der Waals surface area contributed by atoms with E-state index in [0.29, 0.717) is 6.10 Å². The van der Waals surface area contributed by atoms with Crippen molar-refractivity contribution in [2.24, 2.45) is 10.4 Å². The third-order valence-electron chi connectivity index (χ3n) is 5.12. The van der Waals surface area contributed by atoms with E-state index in [1.807, 2.05) is 26.1 Å². The second-order valence-corrected chi connectivity index (χ2v) is 6.94. The lowest BCUT2D eigenvalue weighted by molar-refractivity contribution is 0.0468. The van der Waals surface area contributed by atoms with E-state index in [1.54, 1.807) is 7.11 Å². The summed E-state index contributed by atoms with van der Waals surface area (Å²) in [6.45, 7) is 4.04. The lowest BCUT2D eigenvalue weighted by atomic mass is 9.70. The normalized spacial score (nSPS) is 28.1. The van der Waals surface area contributed by atoms with Crippen molar-refractivity contribution in [1.29, 1.82) is 5.26 Å². The summed E-state index contributed by atoms with van der Waals surface area (Å²) in [6.07, 6.45) is 7.59. The van der Waals surface area contributed by atoms with Gasteiger partial charge in [-0.15, -0.1) is 0 Å². The number of aliphatic imine (C=N–C) groups is 1. The van der Waals surface area contributed by atoms with Crippen molar-refractivity contribution < 1.29 is 9.47 Å². The summed E-state index contributed by atoms with van der Waals surface area (Å²) in [5.74, 6) is 0.854. The van der Waals surface area contributed by atoms with Gasteiger partial charge in [-0.25, -0.2) is 0 Å². The van der Waals surface area contributed by atoms with Crippen LogP contribution in [0.3, 0.4) is 0 Å². The topological polar surface area (TPSA) is 54.6 Å². The maximum Gasteiger partial charge on any atom is 0.205 e. The van der Waals surface area contributed by atoms with E-state index >= 15 is 0 Å². The molecule has 4 nitrogen and oxygen atoms in total. The van der Waals surface area contributed by atoms with Crippen LogP contribution in [0.2, 0.25) is 0 Å². The Morgan fingerprint density at radius 2 is 2.04 bits per heavy atom. The number of nitriles is 1. The van der Waals surface area contributed by atoms with Crippen LogP contribution in [0.15, 0.2) is 23.2 Å². The Hall–Kier alpha value is -1.86. The zero-order valence-corrected chi connectivity index (χ0v) is 14.1. The first-order chi connectivity index (χ1) is 11.1. The quantitative estimate of drug-likeness (QED) is 0.796. The van der Waals surface area contributed by atoms with Gasteiger partial charge < -0.3 is 9.47 Å². The molecule has 3 rings (SSSR count). The van der Waals surface area contributed by atoms with Gasteiger partial charge in [0.1, 0.15) is 5.75 Å². The summed E-state index contributed by atoms with van der Waals surface area (Å²) in [5.41, 5.74) is 3.34. The highest BCUT2D eigenvalue weighted by atomic mass is 16.5. The van der Waals surface area contributed by atoms with Crippen LogP contribution in [0.4, 0.5) is 0 Å². The van der Waals surface area contributed by atoms with E-state index in [4.69, 9.17) is 9.47 Å². The van der Waals surface area contributed by atoms with Crippen LogP contribution >= 0.6 is 0 Å². The van der Waals surface area contributed by atoms with E-state index in [9.17, 15) is 5.26 Å². The molecule has 0 heterocycles. The standard InChI is InChI=1S/C19H24N2O2/c1-13(2)23-16-5-4-14-11-19(8-6-15(22-3)7-9-19)18(21-12-20)17(14)10-16/h4-5,10,13,15H,6-9,11H2,1-3H3/b21-18+/t15-,19-. The Bertz CT molecular complexity index is 650. The van der Waals surface area contributed by atoms with Gasteiger partial charge >= 0.3 is 0 Å². The van der Waals surface area contributed by atoms with Crippen LogP contribution in [-0.2, 0) is 11.2 Å². The van der Waals surface area contributed by atoms with Crippen LogP contribution in [0.25, 0.3) is 0 Å². The number of benzene rings is 1. The number of hydrogen-bond acceptors (Lipinski definition) is 4. The zero-order valence-electron chi connectivity index (χ0n) is 14.1. The Labute approximate surface area is 138 Å². The first-order valence-corrected chi connectivity index (χ1v) is 8.38. The molecule has 0 aromatic heterocycles. The summed E-state index contributed by atoms with van der Waals surface area (Å²) in [7, 11) is 1.78. The fraction of sp³-hybridized carbons (Fsp3) is 0.579. The fourth-order valence-electron chi connectivity index (χ4n) is 4.03. The molecule has 1 saturated carbocycles. The predicted octanol–water partition coefficient (Wildman–Crippen LogP) is 3.88. The summed E-state index contributed by atoms with van der Waals surface area (Å²) in [5, 5.41) is 9.19. The van der Waals surface area contributed by atoms with Crippen LogP contribution in [0.1, 0.15) is 50.7 Å². The van der Waals surface area contributed by atoms with Gasteiger partial charge in [-0.1, -0.05) is 6.07 Å². The number of rotatable bonds is 3. The van der Waals surface area contributed by atoms with E-state index in [1.165, 1.54) is 5.56 Å². The monoisotopic (exact) mass is 312 g/mol. The molecule has 1 aromatic carbocycles. The van der Waals surface area contributed by atoms with Crippen LogP contribution < -0.4 is 4.74 Å². The van der Waals surface area contributed by atoms with Gasteiger partial charge in [-0.3, -0.25) is 0 Å². The number of hydrogen-bond donors (Lipinski definition) is 0. The average Bonchev–Trinajstić information content (AvgIpc) is 2.82. The third-order valence-corrected chi connectivity index (χ3v) is 5.12. The van der Waals surface area contributed by atoms with Crippen molar-refractivity contribution in [3.05, 3.63) is 29.3 Å². The number of methoxy groups -OCH3 is 1. The summed E-state index contributed by atoms with van der Waals surface area (Å²) in [4.78, 5) is 4.24. The Morgan fingerprint density at radius 1 is 1.30 bits per heavy atom. The molecule has 0 N–H and O–H groups in total. The highest BCUT2D eigenvalue weighted by Gasteiger charge is 2.45. The molecule has 1 fully saturated rings. The molecule has 122 valence electrons. The van der Waals surface area contributed by atoms with Crippen molar-refractivity contribution in [3.63, 3.8) is 0 Å². The lowest BCUT2D eigenvalue weighted by Crippen LogP contribution is -2.35. The number of ether oxygens (including phenoxy) is 2. The van der Waals surface area contributed by atoms with Gasteiger partial charge in [0.05, 0.1) is 17.9 Å². The second-order valence-electron chi connectivity index (χ2n) is 6.94. The predicted molar refractivity (Wildman–Crippen MR) is 89.8 cm³/mol. The maximum absolute atomic E-state index is 9.19. The first-order valence-electron chi connectivity index (χ1n) is 8.38. The SMILES string of the molecule is CO[C@H]1CC[C@]2(CC1)Cc1ccc(OC(C)C)cc1/C2=N\C#N. The molecule has 0 bridgehead atoms. The molecule has 23 heavy (non-hydrogen) atoms. The first kappa shape index (κ1) is 16.0. The average molecular weight is 312 g/mol. The molecule has 0 aliphatic heterocycles. The number of fused-ring (bicyclic) bond motifs is 1. The number of nitrogens with zero attached hydrogens (tertiary/aromatic N) is 2. The maximum atomic E-state index is 9.19. The zero-order chi connectivity index (χ0) is 16.4. The van der Waals surface area contributed by atoms with Gasteiger partial charge in [0.2, 0.25) is 6.19 Å². The van der Waals surface area contributed by atoms with E-state index in [0.717, 1.165) is 49.1 Å². The smallest absolute Gasteiger partial charge is 0.205 e. The molecule has 2 aliphatic carbocycles. The van der Waals surface area contributed by atoms with Gasteiger partial charge in [0.15, 0.2) is 0 Å². The van der Waals surface area contributed by atoms with Crippen molar-refractivity contribution >= 4 is 5.71 Å². The Kier molecular flexibility index (Phi) is 4.41. The molecule has 2 aliphatic rings. The molecule has 1 spiro atoms. The van der Waals surface area contributed by atoms with E-state index in [-0.39, 0.29) is 11.5 Å². The van der Waals surface area contributed by atoms with E-state index < -0.39 is 0 Å². The highest BCUT2D eigenvalue weighted by molar-refractivity contribution is 6.09. The van der Waals surface area contributed by atoms with Crippen molar-refractivity contribution in [1.82, 2.24) is 0 Å². The minimum atomic E-state index is 0.00352. The molecule has 4 heteroatoms. The Balaban J connectivity index is 1.94. The molecule has 0 radical (unpaired) electrons. The van der Waals surface area contributed by atoms with Gasteiger partial charge in [-0.2, -0.15) is 10.3 Å². The fourth-order valence-corrected chi connectivity index (χ4v) is 4.03. The summed E-state index contributed by atoms with van der Waals surface area (Å²) < 4.78 is 11.3. The largest absolute Gasteiger partial charge is 0.491 e. The Morgan fingerprint density at radius 3 is 2.65 bits per heavy atom. The minimum absolute atomic E-state index is 0.00352. The van der Waals surface area contributed by atoms with E-state index in [2.05, 4.69) is 17.1 Å².